The van der Waals surface area contributed by atoms with Crippen molar-refractivity contribution in [2.75, 3.05) is 13.1 Å². The van der Waals surface area contributed by atoms with E-state index in [0.717, 1.165) is 24.9 Å². The molecule has 1 spiro atoms. The quantitative estimate of drug-likeness (QED) is 0.553. The number of halogens is 2. The lowest BCUT2D eigenvalue weighted by Crippen LogP contribution is -2.60. The number of hydrogen-bond donors (Lipinski definition) is 2. The zero-order valence-electron chi connectivity index (χ0n) is 20.8. The Balaban J connectivity index is 1.26. The maximum atomic E-state index is 13.6. The molecule has 1 saturated carbocycles. The fraction of sp³-hybridized carbons (Fsp3) is 0.667. The van der Waals surface area contributed by atoms with Crippen LogP contribution in [0.3, 0.4) is 0 Å². The highest BCUT2D eigenvalue weighted by atomic mass is 19.3. The molecule has 1 aliphatic carbocycles. The largest absolute Gasteiger partial charge is 0.349 e. The molecule has 7 nitrogen and oxygen atoms in total. The van der Waals surface area contributed by atoms with Gasteiger partial charge in [0.2, 0.25) is 11.8 Å². The van der Waals surface area contributed by atoms with Crippen LogP contribution in [0.2, 0.25) is 0 Å². The highest BCUT2D eigenvalue weighted by molar-refractivity contribution is 6.07. The molecule has 196 valence electrons. The summed E-state index contributed by atoms with van der Waals surface area (Å²) in [5, 5.41) is 5.70. The van der Waals surface area contributed by atoms with E-state index in [1.54, 1.807) is 4.90 Å². The third kappa shape index (κ3) is 4.62. The molecule has 4 aliphatic rings. The second-order valence-electron chi connectivity index (χ2n) is 11.0. The molecule has 1 aromatic rings. The highest BCUT2D eigenvalue weighted by Crippen LogP contribution is 2.46. The SMILES string of the molecule is CCN1C(=O)NC(=O)C12CC1CC[C@H](C2)N1CC[C@H](NC(=O)C1CCC(F)(F)CC1)c1ccccc1. The summed E-state index contributed by atoms with van der Waals surface area (Å²) in [6.45, 7) is 3.18. The van der Waals surface area contributed by atoms with E-state index in [0.29, 0.717) is 25.8 Å². The zero-order valence-corrected chi connectivity index (χ0v) is 20.8. The van der Waals surface area contributed by atoms with Crippen molar-refractivity contribution in [2.24, 2.45) is 5.92 Å². The molecule has 4 atom stereocenters. The van der Waals surface area contributed by atoms with Gasteiger partial charge in [-0.2, -0.15) is 0 Å². The molecular formula is C27H36F2N4O3. The van der Waals surface area contributed by atoms with Crippen molar-refractivity contribution in [3.8, 4) is 0 Å². The van der Waals surface area contributed by atoms with Gasteiger partial charge in [0.25, 0.3) is 5.91 Å². The lowest BCUT2D eigenvalue weighted by molar-refractivity contribution is -0.131. The van der Waals surface area contributed by atoms with Crippen molar-refractivity contribution >= 4 is 17.8 Å². The van der Waals surface area contributed by atoms with Gasteiger partial charge in [0.05, 0.1) is 6.04 Å². The monoisotopic (exact) mass is 502 g/mol. The summed E-state index contributed by atoms with van der Waals surface area (Å²) in [7, 11) is 0. The standard InChI is InChI=1S/C27H36F2N4O3/c1-2-33-25(36)31-24(35)26(33)16-20-8-9-21(17-26)32(20)15-12-22(18-6-4-3-5-7-18)30-23(34)19-10-13-27(28,29)14-11-19/h3-7,19-22H,2,8-17H2,1H3,(H,30,34)(H,31,35,36)/t20-,21?,22+,26?/m1/s1. The number of benzene rings is 1. The van der Waals surface area contributed by atoms with Gasteiger partial charge >= 0.3 is 6.03 Å². The first-order valence-corrected chi connectivity index (χ1v) is 13.3. The number of alkyl halides is 2. The normalized spacial score (nSPS) is 31.0. The van der Waals surface area contributed by atoms with Crippen molar-refractivity contribution in [3.63, 3.8) is 0 Å². The Morgan fingerprint density at radius 3 is 2.33 bits per heavy atom. The van der Waals surface area contributed by atoms with E-state index in [-0.39, 0.29) is 67.6 Å². The van der Waals surface area contributed by atoms with E-state index in [1.807, 2.05) is 37.3 Å². The number of urea groups is 1. The first kappa shape index (κ1) is 25.1. The van der Waals surface area contributed by atoms with Crippen LogP contribution in [-0.2, 0) is 9.59 Å². The lowest BCUT2D eigenvalue weighted by Gasteiger charge is -2.46. The van der Waals surface area contributed by atoms with Crippen LogP contribution < -0.4 is 10.6 Å². The van der Waals surface area contributed by atoms with Gasteiger partial charge in [-0.3, -0.25) is 19.8 Å². The van der Waals surface area contributed by atoms with Crippen LogP contribution in [0.25, 0.3) is 0 Å². The fourth-order valence-electron chi connectivity index (χ4n) is 7.01. The number of nitrogens with zero attached hydrogens (tertiary/aromatic N) is 2. The number of carbonyl (C=O) groups excluding carboxylic acids is 3. The summed E-state index contributed by atoms with van der Waals surface area (Å²) < 4.78 is 27.2. The summed E-state index contributed by atoms with van der Waals surface area (Å²) in [5.41, 5.74) is 0.260. The van der Waals surface area contributed by atoms with Crippen molar-refractivity contribution in [1.29, 1.82) is 0 Å². The molecule has 0 radical (unpaired) electrons. The third-order valence-corrected chi connectivity index (χ3v) is 8.92. The molecule has 4 amide bonds. The summed E-state index contributed by atoms with van der Waals surface area (Å²) in [6.07, 6.45) is 3.91. The van der Waals surface area contributed by atoms with Crippen LogP contribution in [0.1, 0.15) is 76.3 Å². The number of nitrogens with one attached hydrogen (secondary N) is 2. The van der Waals surface area contributed by atoms with Gasteiger partial charge in [0.15, 0.2) is 0 Å². The van der Waals surface area contributed by atoms with Gasteiger partial charge in [-0.05, 0) is 57.4 Å². The number of fused-ring (bicyclic) bond motifs is 2. The molecule has 3 heterocycles. The molecule has 2 unspecified atom stereocenters. The van der Waals surface area contributed by atoms with Gasteiger partial charge in [-0.15, -0.1) is 0 Å². The van der Waals surface area contributed by atoms with Gasteiger partial charge in [-0.25, -0.2) is 13.6 Å². The molecule has 3 aliphatic heterocycles. The molecule has 3 saturated heterocycles. The summed E-state index contributed by atoms with van der Waals surface area (Å²) in [6, 6.07) is 9.73. The van der Waals surface area contributed by atoms with E-state index in [1.165, 1.54) is 0 Å². The van der Waals surface area contributed by atoms with Crippen LogP contribution in [0.4, 0.5) is 13.6 Å². The lowest BCUT2D eigenvalue weighted by atomic mass is 9.81. The number of carbonyl (C=O) groups is 3. The number of piperidine rings is 1. The van der Waals surface area contributed by atoms with Crippen LogP contribution in [0.15, 0.2) is 30.3 Å². The predicted molar refractivity (Wildman–Crippen MR) is 130 cm³/mol. The summed E-state index contributed by atoms with van der Waals surface area (Å²) >= 11 is 0. The molecule has 36 heavy (non-hydrogen) atoms. The number of likely N-dealkylation sites (N-methyl/N-ethyl adjacent to an activating group) is 1. The Labute approximate surface area is 211 Å². The third-order valence-electron chi connectivity index (χ3n) is 8.92. The van der Waals surface area contributed by atoms with Gasteiger partial charge < -0.3 is 10.2 Å². The average molecular weight is 503 g/mol. The smallest absolute Gasteiger partial charge is 0.325 e. The van der Waals surface area contributed by atoms with E-state index >= 15 is 0 Å². The molecule has 2 N–H and O–H groups in total. The van der Waals surface area contributed by atoms with Crippen LogP contribution in [-0.4, -0.2) is 64.3 Å². The first-order valence-electron chi connectivity index (χ1n) is 13.3. The molecule has 1 aromatic carbocycles. The molecule has 0 aromatic heterocycles. The predicted octanol–water partition coefficient (Wildman–Crippen LogP) is 4.00. The Kier molecular flexibility index (Phi) is 6.78. The van der Waals surface area contributed by atoms with Crippen molar-refractivity contribution in [1.82, 2.24) is 20.4 Å². The van der Waals surface area contributed by atoms with Crippen LogP contribution in [0.5, 0.6) is 0 Å². The van der Waals surface area contributed by atoms with Gasteiger partial charge in [0, 0.05) is 43.9 Å². The van der Waals surface area contributed by atoms with E-state index in [9.17, 15) is 23.2 Å². The Morgan fingerprint density at radius 1 is 1.08 bits per heavy atom. The van der Waals surface area contributed by atoms with Crippen molar-refractivity contribution in [3.05, 3.63) is 35.9 Å². The minimum absolute atomic E-state index is 0.139. The second-order valence-corrected chi connectivity index (χ2v) is 11.0. The maximum absolute atomic E-state index is 13.6. The summed E-state index contributed by atoms with van der Waals surface area (Å²) in [4.78, 5) is 42.4. The van der Waals surface area contributed by atoms with Crippen LogP contribution in [0, 0.1) is 5.92 Å². The molecular weight excluding hydrogens is 466 g/mol. The average Bonchev–Trinajstić information content (AvgIpc) is 3.23. The summed E-state index contributed by atoms with van der Waals surface area (Å²) in [5.74, 6) is -3.34. The Hall–Kier alpha value is -2.55. The Bertz CT molecular complexity index is 980. The first-order chi connectivity index (χ1) is 17.2. The van der Waals surface area contributed by atoms with E-state index < -0.39 is 11.5 Å². The van der Waals surface area contributed by atoms with Crippen molar-refractivity contribution in [2.45, 2.75) is 94.3 Å². The maximum Gasteiger partial charge on any atom is 0.325 e. The van der Waals surface area contributed by atoms with Crippen LogP contribution >= 0.6 is 0 Å². The number of imide groups is 1. The second kappa shape index (κ2) is 9.72. The van der Waals surface area contributed by atoms with Crippen molar-refractivity contribution < 1.29 is 23.2 Å². The fourth-order valence-corrected chi connectivity index (χ4v) is 7.01. The number of amides is 4. The number of hydrogen-bond acceptors (Lipinski definition) is 4. The Morgan fingerprint density at radius 2 is 1.72 bits per heavy atom. The highest BCUT2D eigenvalue weighted by Gasteiger charge is 2.59. The topological polar surface area (TPSA) is 81.8 Å². The minimum atomic E-state index is -2.66. The van der Waals surface area contributed by atoms with E-state index in [2.05, 4.69) is 15.5 Å². The van der Waals surface area contributed by atoms with E-state index in [4.69, 9.17) is 0 Å². The zero-order chi connectivity index (χ0) is 25.5. The molecule has 4 fully saturated rings. The molecule has 9 heteroatoms. The molecule has 2 bridgehead atoms. The number of rotatable bonds is 7. The molecule has 5 rings (SSSR count). The minimum Gasteiger partial charge on any atom is -0.349 e. The van der Waals surface area contributed by atoms with Gasteiger partial charge in [0.1, 0.15) is 5.54 Å². The van der Waals surface area contributed by atoms with Gasteiger partial charge in [-0.1, -0.05) is 30.3 Å².